The quantitative estimate of drug-likeness (QED) is 0.464. The molecule has 0 amide bonds. The molecule has 2 aromatic heterocycles. The van der Waals surface area contributed by atoms with Gasteiger partial charge in [0.05, 0.1) is 17.3 Å². The molecular formula is C25H25FN4O3. The molecule has 0 aliphatic heterocycles. The zero-order valence-corrected chi connectivity index (χ0v) is 18.7. The average Bonchev–Trinajstić information content (AvgIpc) is 3.55. The first kappa shape index (κ1) is 22.4. The Balaban J connectivity index is 0.000000459. The molecule has 4 aromatic rings. The van der Waals surface area contributed by atoms with E-state index in [-0.39, 0.29) is 5.56 Å². The van der Waals surface area contributed by atoms with E-state index in [1.807, 2.05) is 14.0 Å². The smallest absolute Gasteiger partial charge is 0.255 e. The lowest BCUT2D eigenvalue weighted by molar-refractivity contribution is 0.112. The van der Waals surface area contributed by atoms with E-state index < -0.39 is 5.82 Å². The molecule has 5 rings (SSSR count). The molecule has 0 bridgehead atoms. The number of carbonyl (C=O) groups excluding carboxylic acids is 1. The van der Waals surface area contributed by atoms with Crippen molar-refractivity contribution in [3.63, 3.8) is 0 Å². The van der Waals surface area contributed by atoms with Gasteiger partial charge in [0.2, 0.25) is 0 Å². The summed E-state index contributed by atoms with van der Waals surface area (Å²) >= 11 is 0. The number of ether oxygens (including phenoxy) is 1. The average molecular weight is 448 g/mol. The number of aryl methyl sites for hydroxylation is 2. The number of nitrogens with one attached hydrogen (secondary N) is 1. The van der Waals surface area contributed by atoms with Crippen molar-refractivity contribution in [1.29, 1.82) is 0 Å². The van der Waals surface area contributed by atoms with Gasteiger partial charge in [0.1, 0.15) is 29.2 Å². The number of aldehydes is 1. The Hall–Kier alpha value is -3.78. The zero-order chi connectivity index (χ0) is 23.5. The van der Waals surface area contributed by atoms with Crippen molar-refractivity contribution < 1.29 is 13.9 Å². The van der Waals surface area contributed by atoms with Gasteiger partial charge >= 0.3 is 0 Å². The fourth-order valence-electron chi connectivity index (χ4n) is 3.40. The number of rotatable bonds is 5. The van der Waals surface area contributed by atoms with Crippen molar-refractivity contribution in [2.75, 3.05) is 7.05 Å². The topological polar surface area (TPSA) is 78.2 Å². The van der Waals surface area contributed by atoms with Crippen LogP contribution in [-0.2, 0) is 7.05 Å². The summed E-state index contributed by atoms with van der Waals surface area (Å²) in [7, 11) is 3.63. The Morgan fingerprint density at radius 2 is 1.94 bits per heavy atom. The number of fused-ring (bicyclic) bond motifs is 1. The van der Waals surface area contributed by atoms with Gasteiger partial charge in [-0.25, -0.2) is 9.07 Å². The van der Waals surface area contributed by atoms with E-state index in [1.54, 1.807) is 43.6 Å². The van der Waals surface area contributed by atoms with Gasteiger partial charge in [-0.05, 0) is 56.6 Å². The molecule has 170 valence electrons. The number of halogens is 1. The number of aromatic nitrogens is 3. The van der Waals surface area contributed by atoms with Crippen molar-refractivity contribution in [2.24, 2.45) is 7.05 Å². The molecule has 33 heavy (non-hydrogen) atoms. The number of nitrogens with zero attached hydrogens (tertiary/aromatic N) is 3. The molecule has 0 spiro atoms. The highest BCUT2D eigenvalue weighted by molar-refractivity contribution is 5.84. The Labute approximate surface area is 190 Å². The maximum absolute atomic E-state index is 13.7. The summed E-state index contributed by atoms with van der Waals surface area (Å²) in [6.07, 6.45) is 5.09. The van der Waals surface area contributed by atoms with Crippen LogP contribution in [0.5, 0.6) is 11.5 Å². The van der Waals surface area contributed by atoms with Gasteiger partial charge in [-0.1, -0.05) is 18.2 Å². The lowest BCUT2D eigenvalue weighted by Crippen LogP contribution is -2.18. The molecule has 1 N–H and O–H groups in total. The summed E-state index contributed by atoms with van der Waals surface area (Å²) in [6, 6.07) is 13.3. The minimum absolute atomic E-state index is 0.301. The van der Waals surface area contributed by atoms with Crippen LogP contribution in [-0.4, -0.2) is 33.7 Å². The van der Waals surface area contributed by atoms with Gasteiger partial charge in [0.25, 0.3) is 5.56 Å². The lowest BCUT2D eigenvalue weighted by atomic mass is 10.1. The van der Waals surface area contributed by atoms with Crippen LogP contribution in [0.2, 0.25) is 0 Å². The molecule has 1 aliphatic carbocycles. The molecule has 2 heterocycles. The normalized spacial score (nSPS) is 12.8. The van der Waals surface area contributed by atoms with Crippen LogP contribution in [0, 0.1) is 12.7 Å². The Morgan fingerprint density at radius 1 is 1.15 bits per heavy atom. The predicted molar refractivity (Wildman–Crippen MR) is 125 cm³/mol. The molecule has 0 radical (unpaired) electrons. The van der Waals surface area contributed by atoms with Crippen LogP contribution in [0.1, 0.15) is 28.8 Å². The number of hydrogen-bond donors (Lipinski definition) is 1. The highest BCUT2D eigenvalue weighted by Crippen LogP contribution is 2.31. The molecule has 0 unspecified atom stereocenters. The number of hydrogen-bond acceptors (Lipinski definition) is 5. The van der Waals surface area contributed by atoms with Gasteiger partial charge in [-0.2, -0.15) is 5.10 Å². The third-order valence-corrected chi connectivity index (χ3v) is 5.52. The molecule has 1 fully saturated rings. The zero-order valence-electron chi connectivity index (χ0n) is 18.7. The molecule has 8 heteroatoms. The fourth-order valence-corrected chi connectivity index (χ4v) is 3.40. The maximum atomic E-state index is 13.7. The molecule has 0 atom stereocenters. The van der Waals surface area contributed by atoms with Crippen molar-refractivity contribution in [1.82, 2.24) is 19.7 Å². The molecule has 7 nitrogen and oxygen atoms in total. The summed E-state index contributed by atoms with van der Waals surface area (Å²) in [5, 5.41) is 8.05. The molecular weight excluding hydrogens is 423 g/mol. The van der Waals surface area contributed by atoms with Crippen molar-refractivity contribution >= 4 is 17.3 Å². The SMILES string of the molecule is CNC1CC1.Cc1ccc(C=O)cc1Oc1cc(=O)n(C)c2c1cnn2-c1cccc(F)c1. The second kappa shape index (κ2) is 9.38. The summed E-state index contributed by atoms with van der Waals surface area (Å²) in [6.45, 7) is 1.85. The summed E-state index contributed by atoms with van der Waals surface area (Å²) in [5.41, 5.74) is 1.94. The minimum atomic E-state index is -0.403. The van der Waals surface area contributed by atoms with Gasteiger partial charge in [-0.3, -0.25) is 14.2 Å². The number of benzene rings is 2. The molecule has 1 saturated carbocycles. The van der Waals surface area contributed by atoms with Crippen molar-refractivity contribution in [3.8, 4) is 17.2 Å². The Bertz CT molecular complexity index is 1370. The van der Waals surface area contributed by atoms with Gasteiger partial charge in [0, 0.05) is 24.7 Å². The molecule has 0 saturated heterocycles. The van der Waals surface area contributed by atoms with Gasteiger partial charge in [-0.15, -0.1) is 0 Å². The first-order valence-corrected chi connectivity index (χ1v) is 10.7. The van der Waals surface area contributed by atoms with E-state index >= 15 is 0 Å². The van der Waals surface area contributed by atoms with Gasteiger partial charge in [0.15, 0.2) is 0 Å². The Morgan fingerprint density at radius 3 is 2.58 bits per heavy atom. The largest absolute Gasteiger partial charge is 0.456 e. The molecule has 2 aromatic carbocycles. The van der Waals surface area contributed by atoms with Crippen molar-refractivity contribution in [3.05, 3.63) is 82.0 Å². The van der Waals surface area contributed by atoms with Crippen LogP contribution in [0.3, 0.4) is 0 Å². The third-order valence-electron chi connectivity index (χ3n) is 5.52. The lowest BCUT2D eigenvalue weighted by Gasteiger charge is -2.12. The number of carbonyl (C=O) groups is 1. The minimum Gasteiger partial charge on any atom is -0.456 e. The predicted octanol–water partition coefficient (Wildman–Crippen LogP) is 4.14. The van der Waals surface area contributed by atoms with Crippen LogP contribution < -0.4 is 15.6 Å². The van der Waals surface area contributed by atoms with E-state index in [0.29, 0.717) is 33.8 Å². The first-order chi connectivity index (χ1) is 15.9. The van der Waals surface area contributed by atoms with Crippen LogP contribution in [0.4, 0.5) is 4.39 Å². The highest BCUT2D eigenvalue weighted by atomic mass is 19.1. The van der Waals surface area contributed by atoms with Crippen LogP contribution in [0.15, 0.2) is 59.5 Å². The highest BCUT2D eigenvalue weighted by Gasteiger charge is 2.17. The summed E-state index contributed by atoms with van der Waals surface area (Å²) < 4.78 is 22.5. The second-order valence-electron chi connectivity index (χ2n) is 7.99. The first-order valence-electron chi connectivity index (χ1n) is 10.7. The van der Waals surface area contributed by atoms with Crippen LogP contribution >= 0.6 is 0 Å². The maximum Gasteiger partial charge on any atom is 0.255 e. The monoisotopic (exact) mass is 448 g/mol. The van der Waals surface area contributed by atoms with E-state index in [1.165, 1.54) is 40.3 Å². The Kier molecular flexibility index (Phi) is 6.37. The standard InChI is InChI=1S/C21H16FN3O3.C4H9N/c1-13-6-7-14(12-26)8-18(13)28-19-10-20(27)24(2)21-17(19)11-23-25(21)16-5-3-4-15(22)9-16;1-5-4-2-3-4/h3-12H,1-2H3;4-5H,2-3H2,1H3. The van der Waals surface area contributed by atoms with E-state index in [0.717, 1.165) is 17.9 Å². The summed E-state index contributed by atoms with van der Waals surface area (Å²) in [5.74, 6) is 0.379. The van der Waals surface area contributed by atoms with E-state index in [4.69, 9.17) is 4.74 Å². The fraction of sp³-hybridized carbons (Fsp3) is 0.240. The van der Waals surface area contributed by atoms with Crippen LogP contribution in [0.25, 0.3) is 16.7 Å². The number of pyridine rings is 1. The van der Waals surface area contributed by atoms with E-state index in [9.17, 15) is 14.0 Å². The van der Waals surface area contributed by atoms with E-state index in [2.05, 4.69) is 10.4 Å². The second-order valence-corrected chi connectivity index (χ2v) is 7.99. The van der Waals surface area contributed by atoms with Crippen molar-refractivity contribution in [2.45, 2.75) is 25.8 Å². The summed E-state index contributed by atoms with van der Waals surface area (Å²) in [4.78, 5) is 23.6. The van der Waals surface area contributed by atoms with Gasteiger partial charge < -0.3 is 10.1 Å². The third kappa shape index (κ3) is 4.85. The molecule has 1 aliphatic rings.